The smallest absolute Gasteiger partial charge is 0.336 e. The highest BCUT2D eigenvalue weighted by atomic mass is 35.5. The molecule has 0 radical (unpaired) electrons. The van der Waals surface area contributed by atoms with Crippen molar-refractivity contribution in [3.8, 4) is 28.7 Å². The van der Waals surface area contributed by atoms with Crippen molar-refractivity contribution in [3.63, 3.8) is 0 Å². The summed E-state index contributed by atoms with van der Waals surface area (Å²) in [6.07, 6.45) is 3.82. The molecule has 1 aromatic heterocycles. The van der Waals surface area contributed by atoms with Gasteiger partial charge in [0.05, 0.1) is 76.6 Å². The van der Waals surface area contributed by atoms with Crippen molar-refractivity contribution >= 4 is 152 Å². The minimum absolute atomic E-state index is 0.0294. The number of rotatable bonds is 31. The van der Waals surface area contributed by atoms with Crippen LogP contribution < -0.4 is 39.6 Å². The predicted molar refractivity (Wildman–Crippen MR) is 556 cm³/mol. The van der Waals surface area contributed by atoms with Crippen LogP contribution in [0.3, 0.4) is 0 Å². The number of esters is 5. The first-order chi connectivity index (χ1) is 70.1. The molecule has 146 heavy (non-hydrogen) atoms. The van der Waals surface area contributed by atoms with Crippen LogP contribution in [0.15, 0.2) is 275 Å². The van der Waals surface area contributed by atoms with Gasteiger partial charge >= 0.3 is 29.8 Å². The zero-order valence-electron chi connectivity index (χ0n) is 81.9. The number of amides is 5. The summed E-state index contributed by atoms with van der Waals surface area (Å²) in [4.78, 5) is 134. The Labute approximate surface area is 886 Å². The summed E-state index contributed by atoms with van der Waals surface area (Å²) in [5.74, 6) is -2.59. The Bertz CT molecular complexity index is 6650. The Morgan fingerprint density at radius 3 is 0.870 bits per heavy atom. The number of carbonyl (C=O) groups is 10. The fraction of sp³-hybridized carbons (Fsp3) is 0.282. The summed E-state index contributed by atoms with van der Waals surface area (Å²) in [6, 6.07) is 60.3. The molecule has 5 aliphatic heterocycles. The number of carbonyl (C=O) groups excluding carboxylic acids is 10. The van der Waals surface area contributed by atoms with Crippen LogP contribution in [0.2, 0.25) is 40.2 Å². The Morgan fingerprint density at radius 1 is 0.308 bits per heavy atom. The van der Waals surface area contributed by atoms with E-state index in [1.54, 1.807) is 204 Å². The fourth-order valence-electron chi connectivity index (χ4n) is 17.3. The topological polar surface area (TPSA) is 337 Å². The van der Waals surface area contributed by atoms with Gasteiger partial charge in [-0.15, -0.1) is 0 Å². The lowest BCUT2D eigenvalue weighted by Crippen LogP contribution is -2.40. The SMILES string of the molecule is COCCN1C(=O)CC(c2cc(Cl)ccc2Cl)C(C(=O)OCc2ccccc2OC)=C1C.COCCN1C(=O)CC(c2ccc(Cl)cc2Cl)C(C(=O)OCc2ccccc2OC)=C1C.COc1ccccc1COC(=O)C1=C(C)NC(=O)CC1c1cc(Cl)ccc1Cl.COc1ccccc1COC(=O)C1=C(C)NC(=O)CC1c1ccc(Cl)cc1Cl.COc1ccccc1COC(=O)C1=C(C)NC(=O)CC1c1ccncc1. The number of methoxy groups -OCH3 is 7. The molecule has 0 saturated carbocycles. The van der Waals surface area contributed by atoms with Gasteiger partial charge in [-0.2, -0.15) is 0 Å². The van der Waals surface area contributed by atoms with Crippen molar-refractivity contribution < 1.29 is 105 Å². The Kier molecular flexibility index (Phi) is 42.5. The summed E-state index contributed by atoms with van der Waals surface area (Å²) in [6.45, 7) is 10.1. The molecule has 9 aromatic carbocycles. The van der Waals surface area contributed by atoms with Crippen LogP contribution in [-0.4, -0.2) is 150 Å². The molecule has 28 nitrogen and oxygen atoms in total. The van der Waals surface area contributed by atoms with Crippen molar-refractivity contribution in [3.05, 3.63) is 371 Å². The third-order valence-electron chi connectivity index (χ3n) is 24.4. The standard InChI is InChI=1S/2C24H25Cl2NO5.2C21H19Cl2NO4.C20H20N2O4/c1-15-23(24(29)32-14-16-6-4-5-7-21(16)31-3)19(13-22(28)27(15)10-11-30-2)18-12-17(25)8-9-20(18)26;1-15-23(24(29)32-14-16-6-4-5-7-21(16)31-3)19(13-22(28)27(15)10-11-30-2)18-9-8-17(25)12-20(18)26;1-12-20(21(26)28-11-13-5-3-4-6-18(13)27-2)16(10-19(25)24-12)15-9-14(22)7-8-17(15)23;1-12-20(21(26)28-11-13-5-3-4-6-18(13)27-2)16(10-19(25)24-12)15-8-7-14(22)9-17(15)23;1-13-19(16(11-18(23)22-13)14-7-9-21-10-8-14)20(24)26-12-15-5-3-4-6-17(15)25-2/h2*4-9,12,19H,10-11,13-14H2,1-3H3;2*3-9,16H,10-11H2,1-2H3,(H,24,25);3-10,16H,11-12H2,1-2H3,(H,22,23). The van der Waals surface area contributed by atoms with E-state index < -0.39 is 53.5 Å². The summed E-state index contributed by atoms with van der Waals surface area (Å²) in [7, 11) is 10.9. The zero-order chi connectivity index (χ0) is 106. The summed E-state index contributed by atoms with van der Waals surface area (Å²) >= 11 is 49.9. The monoisotopic (exact) mass is 2140 g/mol. The third-order valence-corrected chi connectivity index (χ3v) is 26.7. The van der Waals surface area contributed by atoms with Crippen molar-refractivity contribution in [2.45, 2.75) is 129 Å². The number of aromatic nitrogens is 1. The van der Waals surface area contributed by atoms with Crippen LogP contribution in [0.25, 0.3) is 0 Å². The van der Waals surface area contributed by atoms with E-state index in [4.69, 9.17) is 150 Å². The zero-order valence-corrected chi connectivity index (χ0v) is 88.0. The molecule has 6 heterocycles. The molecule has 766 valence electrons. The number of halogens is 8. The Hall–Kier alpha value is -13.2. The highest BCUT2D eigenvalue weighted by Crippen LogP contribution is 2.46. The van der Waals surface area contributed by atoms with Crippen LogP contribution in [0.4, 0.5) is 0 Å². The van der Waals surface area contributed by atoms with E-state index in [1.165, 1.54) is 0 Å². The third kappa shape index (κ3) is 29.6. The number of para-hydroxylation sites is 5. The van der Waals surface area contributed by atoms with Crippen molar-refractivity contribution in [1.82, 2.24) is 30.7 Å². The number of nitrogens with zero attached hydrogens (tertiary/aromatic N) is 3. The van der Waals surface area contributed by atoms with Gasteiger partial charge in [0, 0.05) is 198 Å². The van der Waals surface area contributed by atoms with Gasteiger partial charge in [0.2, 0.25) is 29.5 Å². The van der Waals surface area contributed by atoms with E-state index in [9.17, 15) is 47.9 Å². The molecule has 5 aliphatic rings. The van der Waals surface area contributed by atoms with Gasteiger partial charge in [0.25, 0.3) is 0 Å². The molecule has 0 bridgehead atoms. The first kappa shape index (κ1) is 113. The molecule has 10 aromatic rings. The average molecular weight is 2150 g/mol. The van der Waals surface area contributed by atoms with E-state index in [0.29, 0.717) is 174 Å². The highest BCUT2D eigenvalue weighted by Gasteiger charge is 2.42. The molecular formula is C110H108Cl8N6O22. The maximum absolute atomic E-state index is 13.3. The Balaban J connectivity index is 0.000000174. The van der Waals surface area contributed by atoms with Gasteiger partial charge in [-0.25, -0.2) is 24.0 Å². The van der Waals surface area contributed by atoms with Gasteiger partial charge in [-0.1, -0.05) is 196 Å². The largest absolute Gasteiger partial charge is 0.496 e. The molecule has 0 fully saturated rings. The number of nitrogens with one attached hydrogen (secondary N) is 3. The number of hydrogen-bond donors (Lipinski definition) is 3. The van der Waals surface area contributed by atoms with Crippen molar-refractivity contribution in [1.29, 1.82) is 0 Å². The Morgan fingerprint density at radius 2 is 0.568 bits per heavy atom. The van der Waals surface area contributed by atoms with E-state index in [1.807, 2.05) is 109 Å². The summed E-state index contributed by atoms with van der Waals surface area (Å²) < 4.78 is 64.7. The molecule has 3 N–H and O–H groups in total. The van der Waals surface area contributed by atoms with Crippen LogP contribution in [0.1, 0.15) is 152 Å². The number of benzene rings is 9. The second-order valence-electron chi connectivity index (χ2n) is 33.5. The second-order valence-corrected chi connectivity index (χ2v) is 36.9. The van der Waals surface area contributed by atoms with Crippen LogP contribution in [0, 0.1) is 0 Å². The van der Waals surface area contributed by atoms with Crippen LogP contribution >= 0.6 is 92.8 Å². The molecule has 5 unspecified atom stereocenters. The van der Waals surface area contributed by atoms with E-state index in [-0.39, 0.29) is 101 Å². The van der Waals surface area contributed by atoms with Crippen LogP contribution in [0.5, 0.6) is 28.7 Å². The molecule has 0 aliphatic carbocycles. The van der Waals surface area contributed by atoms with E-state index >= 15 is 0 Å². The summed E-state index contributed by atoms with van der Waals surface area (Å²) in [5, 5.41) is 11.7. The van der Waals surface area contributed by atoms with Crippen LogP contribution in [-0.2, 0) is 114 Å². The first-order valence-electron chi connectivity index (χ1n) is 45.8. The number of hydrogen-bond acceptors (Lipinski definition) is 23. The maximum Gasteiger partial charge on any atom is 0.336 e. The predicted octanol–water partition coefficient (Wildman–Crippen LogP) is 21.9. The summed E-state index contributed by atoms with van der Waals surface area (Å²) in [5.41, 5.74) is 11.6. The number of pyridine rings is 1. The lowest BCUT2D eigenvalue weighted by atomic mass is 9.83. The molecule has 0 saturated heterocycles. The van der Waals surface area contributed by atoms with Crippen molar-refractivity contribution in [2.75, 3.05) is 76.1 Å². The molecule has 36 heteroatoms. The molecular weight excluding hydrogens is 2040 g/mol. The number of ether oxygens (including phenoxy) is 12. The quantitative estimate of drug-likeness (QED) is 0.0268. The lowest BCUT2D eigenvalue weighted by molar-refractivity contribution is -0.143. The maximum atomic E-state index is 13.3. The second kappa shape index (κ2) is 54.8. The van der Waals surface area contributed by atoms with Gasteiger partial charge in [-0.05, 0) is 166 Å². The first-order valence-corrected chi connectivity index (χ1v) is 48.8. The fourth-order valence-corrected chi connectivity index (χ4v) is 19.2. The normalized spacial score (nSPS) is 16.5. The molecule has 5 amide bonds. The molecule has 0 spiro atoms. The highest BCUT2D eigenvalue weighted by molar-refractivity contribution is 6.36. The van der Waals surface area contributed by atoms with E-state index in [0.717, 1.165) is 33.4 Å². The minimum atomic E-state index is -0.572. The van der Waals surface area contributed by atoms with Gasteiger partial charge in [-0.3, -0.25) is 29.0 Å². The molecule has 5 atom stereocenters. The van der Waals surface area contributed by atoms with E-state index in [2.05, 4.69) is 20.9 Å². The van der Waals surface area contributed by atoms with Gasteiger partial charge in [0.15, 0.2) is 0 Å². The number of allylic oxidation sites excluding steroid dienone is 5. The lowest BCUT2D eigenvalue weighted by Gasteiger charge is -2.34. The van der Waals surface area contributed by atoms with Gasteiger partial charge < -0.3 is 82.6 Å². The van der Waals surface area contributed by atoms with Gasteiger partial charge in [0.1, 0.15) is 61.8 Å². The molecule has 15 rings (SSSR count). The average Bonchev–Trinajstić information content (AvgIpc) is 0.770. The minimum Gasteiger partial charge on any atom is -0.496 e. The van der Waals surface area contributed by atoms with Crippen molar-refractivity contribution in [2.24, 2.45) is 0 Å².